The van der Waals surface area contributed by atoms with Gasteiger partial charge in [0, 0.05) is 16.3 Å². The van der Waals surface area contributed by atoms with E-state index in [0.29, 0.717) is 11.3 Å². The fraction of sp³-hybridized carbons (Fsp3) is 0.158. The Labute approximate surface area is 138 Å². The van der Waals surface area contributed by atoms with Crippen molar-refractivity contribution in [2.45, 2.75) is 6.92 Å². The zero-order valence-electron chi connectivity index (χ0n) is 13.7. The molecule has 1 heterocycles. The summed E-state index contributed by atoms with van der Waals surface area (Å²) in [5.41, 5.74) is 3.90. The van der Waals surface area contributed by atoms with Crippen molar-refractivity contribution < 1.29 is 19.1 Å². The maximum atomic E-state index is 11.9. The Bertz CT molecular complexity index is 982. The molecule has 0 aliphatic carbocycles. The number of hydrogen-bond acceptors (Lipinski definition) is 4. The number of hydrogen-bond donors (Lipinski definition) is 1. The third-order valence-corrected chi connectivity index (χ3v) is 4.09. The number of benzene rings is 2. The SMILES string of the molecule is COC(=O)c1cc(OC)c2[nH]c3c(/C(C)=C/C=O)cccc3c2c1. The van der Waals surface area contributed by atoms with Gasteiger partial charge in [0.25, 0.3) is 0 Å². The van der Waals surface area contributed by atoms with Gasteiger partial charge < -0.3 is 14.5 Å². The van der Waals surface area contributed by atoms with Gasteiger partial charge >= 0.3 is 5.97 Å². The number of aldehydes is 1. The predicted molar refractivity (Wildman–Crippen MR) is 93.4 cm³/mol. The zero-order valence-corrected chi connectivity index (χ0v) is 13.7. The zero-order chi connectivity index (χ0) is 17.3. The van der Waals surface area contributed by atoms with Crippen LogP contribution < -0.4 is 4.74 Å². The largest absolute Gasteiger partial charge is 0.495 e. The van der Waals surface area contributed by atoms with Gasteiger partial charge in [0.1, 0.15) is 12.0 Å². The molecule has 122 valence electrons. The first kappa shape index (κ1) is 15.8. The summed E-state index contributed by atoms with van der Waals surface area (Å²) in [4.78, 5) is 26.1. The van der Waals surface area contributed by atoms with Crippen molar-refractivity contribution >= 4 is 39.6 Å². The first-order valence-corrected chi connectivity index (χ1v) is 7.44. The van der Waals surface area contributed by atoms with Crippen LogP contribution in [0.15, 0.2) is 36.4 Å². The Kier molecular flexibility index (Phi) is 4.08. The summed E-state index contributed by atoms with van der Waals surface area (Å²) >= 11 is 0. The molecule has 24 heavy (non-hydrogen) atoms. The number of carbonyl (C=O) groups excluding carboxylic acids is 2. The summed E-state index contributed by atoms with van der Waals surface area (Å²) in [6.07, 6.45) is 2.30. The van der Waals surface area contributed by atoms with E-state index in [1.54, 1.807) is 19.2 Å². The molecule has 5 nitrogen and oxygen atoms in total. The molecule has 0 fully saturated rings. The molecule has 0 aliphatic rings. The smallest absolute Gasteiger partial charge is 0.338 e. The van der Waals surface area contributed by atoms with E-state index in [2.05, 4.69) is 4.98 Å². The van der Waals surface area contributed by atoms with Gasteiger partial charge in [-0.15, -0.1) is 0 Å². The first-order chi connectivity index (χ1) is 11.6. The number of esters is 1. The number of H-pyrrole nitrogens is 1. The summed E-state index contributed by atoms with van der Waals surface area (Å²) < 4.78 is 10.2. The number of nitrogens with one attached hydrogen (secondary N) is 1. The number of fused-ring (bicyclic) bond motifs is 3. The fourth-order valence-corrected chi connectivity index (χ4v) is 2.91. The number of allylic oxidation sites excluding steroid dienone is 2. The van der Waals surface area contributed by atoms with Gasteiger partial charge in [0.15, 0.2) is 0 Å². The molecule has 3 rings (SSSR count). The van der Waals surface area contributed by atoms with Crippen LogP contribution in [-0.4, -0.2) is 31.5 Å². The summed E-state index contributed by atoms with van der Waals surface area (Å²) in [5.74, 6) is 0.143. The average Bonchev–Trinajstić information content (AvgIpc) is 2.99. The van der Waals surface area contributed by atoms with E-state index < -0.39 is 5.97 Å². The second-order valence-electron chi connectivity index (χ2n) is 5.43. The molecule has 1 aromatic heterocycles. The highest BCUT2D eigenvalue weighted by atomic mass is 16.5. The fourth-order valence-electron chi connectivity index (χ4n) is 2.91. The van der Waals surface area contributed by atoms with Gasteiger partial charge in [0.05, 0.1) is 30.8 Å². The van der Waals surface area contributed by atoms with Crippen LogP contribution in [0.5, 0.6) is 5.75 Å². The first-order valence-electron chi connectivity index (χ1n) is 7.44. The van der Waals surface area contributed by atoms with E-state index in [1.807, 2.05) is 25.1 Å². The van der Waals surface area contributed by atoms with Crippen LogP contribution in [0.25, 0.3) is 27.4 Å². The molecule has 5 heteroatoms. The van der Waals surface area contributed by atoms with Crippen LogP contribution in [0.4, 0.5) is 0 Å². The maximum Gasteiger partial charge on any atom is 0.338 e. The van der Waals surface area contributed by atoms with E-state index >= 15 is 0 Å². The van der Waals surface area contributed by atoms with Crippen molar-refractivity contribution in [3.05, 3.63) is 47.5 Å². The molecule has 0 radical (unpaired) electrons. The Morgan fingerprint density at radius 2 is 1.92 bits per heavy atom. The molecular formula is C19H17NO4. The molecule has 2 aromatic carbocycles. The lowest BCUT2D eigenvalue weighted by molar-refractivity contribution is -0.104. The summed E-state index contributed by atoms with van der Waals surface area (Å²) in [6.45, 7) is 1.88. The molecule has 0 unspecified atom stereocenters. The van der Waals surface area contributed by atoms with Crippen LogP contribution in [0.2, 0.25) is 0 Å². The highest BCUT2D eigenvalue weighted by Gasteiger charge is 2.16. The minimum atomic E-state index is -0.419. The highest BCUT2D eigenvalue weighted by Crippen LogP contribution is 2.36. The monoisotopic (exact) mass is 323 g/mol. The van der Waals surface area contributed by atoms with Gasteiger partial charge in [0.2, 0.25) is 0 Å². The summed E-state index contributed by atoms with van der Waals surface area (Å²) in [6, 6.07) is 9.26. The summed E-state index contributed by atoms with van der Waals surface area (Å²) in [5, 5.41) is 1.82. The number of para-hydroxylation sites is 1. The van der Waals surface area contributed by atoms with Gasteiger partial charge in [-0.25, -0.2) is 4.79 Å². The minimum Gasteiger partial charge on any atom is -0.495 e. The summed E-state index contributed by atoms with van der Waals surface area (Å²) in [7, 11) is 2.90. The lowest BCUT2D eigenvalue weighted by Crippen LogP contribution is -2.01. The Morgan fingerprint density at radius 3 is 2.58 bits per heavy atom. The number of carbonyl (C=O) groups is 2. The number of rotatable bonds is 4. The van der Waals surface area contributed by atoms with Crippen LogP contribution in [0.3, 0.4) is 0 Å². The molecule has 3 aromatic rings. The Hall–Kier alpha value is -3.08. The van der Waals surface area contributed by atoms with E-state index in [-0.39, 0.29) is 0 Å². The third kappa shape index (κ3) is 2.44. The van der Waals surface area contributed by atoms with Gasteiger partial charge in [-0.05, 0) is 30.7 Å². The molecular weight excluding hydrogens is 306 g/mol. The highest BCUT2D eigenvalue weighted by molar-refractivity contribution is 6.14. The van der Waals surface area contributed by atoms with Crippen molar-refractivity contribution in [2.75, 3.05) is 14.2 Å². The lowest BCUT2D eigenvalue weighted by Gasteiger charge is -2.05. The van der Waals surface area contributed by atoms with Crippen LogP contribution in [0.1, 0.15) is 22.8 Å². The normalized spacial score (nSPS) is 11.7. The molecule has 1 N–H and O–H groups in total. The average molecular weight is 323 g/mol. The van der Waals surface area contributed by atoms with Crippen molar-refractivity contribution in [1.29, 1.82) is 0 Å². The molecule has 0 atom stereocenters. The van der Waals surface area contributed by atoms with Crippen LogP contribution in [0, 0.1) is 0 Å². The Balaban J connectivity index is 2.39. The Morgan fingerprint density at radius 1 is 1.12 bits per heavy atom. The molecule has 0 bridgehead atoms. The van der Waals surface area contributed by atoms with Crippen molar-refractivity contribution in [3.8, 4) is 5.75 Å². The van der Waals surface area contributed by atoms with Gasteiger partial charge in [-0.2, -0.15) is 0 Å². The lowest BCUT2D eigenvalue weighted by atomic mass is 10.0. The van der Waals surface area contributed by atoms with E-state index in [4.69, 9.17) is 9.47 Å². The van der Waals surface area contributed by atoms with Crippen LogP contribution >= 0.6 is 0 Å². The third-order valence-electron chi connectivity index (χ3n) is 4.09. The predicted octanol–water partition coefficient (Wildman–Crippen LogP) is 3.72. The van der Waals surface area contributed by atoms with E-state index in [1.165, 1.54) is 13.2 Å². The standard InChI is InChI=1S/C19H17NO4/c1-11(7-8-21)13-5-4-6-14-15-9-12(19(22)24-3)10-16(23-2)18(15)20-17(13)14/h4-10,20H,1-3H3/b11-7+. The minimum absolute atomic E-state index is 0.419. The van der Waals surface area contributed by atoms with Crippen molar-refractivity contribution in [1.82, 2.24) is 4.98 Å². The maximum absolute atomic E-state index is 11.9. The molecule has 0 saturated carbocycles. The second kappa shape index (κ2) is 6.20. The number of aromatic amines is 1. The number of aromatic nitrogens is 1. The van der Waals surface area contributed by atoms with Gasteiger partial charge in [-0.1, -0.05) is 18.2 Å². The molecule has 0 spiro atoms. The molecule has 0 saturated heterocycles. The number of ether oxygens (including phenoxy) is 2. The van der Waals surface area contributed by atoms with E-state index in [9.17, 15) is 9.59 Å². The molecule has 0 amide bonds. The quantitative estimate of drug-likeness (QED) is 0.451. The number of methoxy groups -OCH3 is 2. The molecule has 0 aliphatic heterocycles. The van der Waals surface area contributed by atoms with E-state index in [0.717, 1.165) is 39.2 Å². The van der Waals surface area contributed by atoms with Crippen LogP contribution in [-0.2, 0) is 9.53 Å². The topological polar surface area (TPSA) is 68.4 Å². The second-order valence-corrected chi connectivity index (χ2v) is 5.43. The van der Waals surface area contributed by atoms with Crippen molar-refractivity contribution in [3.63, 3.8) is 0 Å². The van der Waals surface area contributed by atoms with Crippen molar-refractivity contribution in [2.24, 2.45) is 0 Å². The van der Waals surface area contributed by atoms with Gasteiger partial charge in [-0.3, -0.25) is 4.79 Å².